The Labute approximate surface area is 183 Å². The van der Waals surface area contributed by atoms with Crippen molar-refractivity contribution in [3.63, 3.8) is 0 Å². The molecule has 0 aromatic heterocycles. The number of benzene rings is 1. The topological polar surface area (TPSA) is 94.2 Å². The van der Waals surface area contributed by atoms with Gasteiger partial charge >= 0.3 is 12.0 Å². The van der Waals surface area contributed by atoms with Crippen molar-refractivity contribution in [3.8, 4) is 5.75 Å². The Hall–Kier alpha value is -3.03. The van der Waals surface area contributed by atoms with Gasteiger partial charge in [-0.15, -0.1) is 0 Å². The molecule has 2 rings (SSSR count). The number of carbonyl (C=O) groups excluding carboxylic acids is 3. The van der Waals surface area contributed by atoms with Crippen molar-refractivity contribution in [2.45, 2.75) is 51.5 Å². The number of hydrogen-bond acceptors (Lipinski definition) is 6. The largest absolute Gasteiger partial charge is 0.496 e. The molecule has 0 spiro atoms. The van der Waals surface area contributed by atoms with Crippen LogP contribution in [0.15, 0.2) is 30.3 Å². The molecule has 0 saturated carbocycles. The summed E-state index contributed by atoms with van der Waals surface area (Å²) in [6, 6.07) is 5.42. The second-order valence-corrected chi connectivity index (χ2v) is 7.30. The van der Waals surface area contributed by atoms with Crippen molar-refractivity contribution in [3.05, 3.63) is 35.9 Å². The highest BCUT2D eigenvalue weighted by Gasteiger charge is 2.37. The van der Waals surface area contributed by atoms with Gasteiger partial charge in [-0.2, -0.15) is 0 Å². The molecule has 1 aromatic rings. The van der Waals surface area contributed by atoms with Gasteiger partial charge in [-0.3, -0.25) is 15.0 Å². The average molecular weight is 433 g/mol. The minimum Gasteiger partial charge on any atom is -0.496 e. The lowest BCUT2D eigenvalue weighted by atomic mass is 10.1. The molecule has 1 heterocycles. The number of imide groups is 1. The molecule has 1 atom stereocenters. The molecule has 0 bridgehead atoms. The van der Waals surface area contributed by atoms with Crippen LogP contribution in [0.25, 0.3) is 5.76 Å². The number of esters is 1. The summed E-state index contributed by atoms with van der Waals surface area (Å²) in [7, 11) is 3.00. The van der Waals surface area contributed by atoms with Crippen LogP contribution in [0.4, 0.5) is 4.79 Å². The Kier molecular flexibility index (Phi) is 9.87. The van der Waals surface area contributed by atoms with Gasteiger partial charge in [0.1, 0.15) is 18.1 Å². The Morgan fingerprint density at radius 1 is 1.13 bits per heavy atom. The van der Waals surface area contributed by atoms with Crippen LogP contribution < -0.4 is 10.1 Å². The van der Waals surface area contributed by atoms with Crippen LogP contribution >= 0.6 is 0 Å². The molecule has 1 aliphatic heterocycles. The Balaban J connectivity index is 2.16. The molecule has 1 fully saturated rings. The summed E-state index contributed by atoms with van der Waals surface area (Å²) < 4.78 is 16.3. The van der Waals surface area contributed by atoms with E-state index >= 15 is 0 Å². The number of rotatable bonds is 13. The van der Waals surface area contributed by atoms with E-state index in [9.17, 15) is 14.4 Å². The minimum absolute atomic E-state index is 0.227. The van der Waals surface area contributed by atoms with Gasteiger partial charge in [0, 0.05) is 0 Å². The van der Waals surface area contributed by atoms with Crippen LogP contribution in [0.3, 0.4) is 0 Å². The SMILES string of the molecule is CCCCCCCCOC(=O)C(C=C(OC)c1ccccc1OC)N1CC(=O)NC1=O. The first kappa shape index (κ1) is 24.2. The molecule has 0 aliphatic carbocycles. The van der Waals surface area contributed by atoms with Crippen LogP contribution in [0.1, 0.15) is 51.0 Å². The van der Waals surface area contributed by atoms with Gasteiger partial charge in [0.15, 0.2) is 6.04 Å². The summed E-state index contributed by atoms with van der Waals surface area (Å²) in [5.74, 6) is -0.186. The van der Waals surface area contributed by atoms with Gasteiger partial charge in [0.05, 0.1) is 26.4 Å². The first-order valence-electron chi connectivity index (χ1n) is 10.7. The van der Waals surface area contributed by atoms with Gasteiger partial charge in [-0.1, -0.05) is 51.2 Å². The van der Waals surface area contributed by atoms with Crippen molar-refractivity contribution in [1.29, 1.82) is 0 Å². The molecule has 1 N–H and O–H groups in total. The minimum atomic E-state index is -1.11. The number of para-hydroxylation sites is 1. The fourth-order valence-electron chi connectivity index (χ4n) is 3.37. The predicted molar refractivity (Wildman–Crippen MR) is 116 cm³/mol. The molecule has 0 radical (unpaired) electrons. The number of nitrogens with one attached hydrogen (secondary N) is 1. The van der Waals surface area contributed by atoms with E-state index in [1.54, 1.807) is 12.1 Å². The number of unbranched alkanes of at least 4 members (excludes halogenated alkanes) is 5. The number of ether oxygens (including phenoxy) is 3. The van der Waals surface area contributed by atoms with Gasteiger partial charge in [0.25, 0.3) is 0 Å². The molecule has 1 aliphatic rings. The number of carbonyl (C=O) groups is 3. The molecule has 1 unspecified atom stereocenters. The van der Waals surface area contributed by atoms with E-state index in [1.165, 1.54) is 39.6 Å². The van der Waals surface area contributed by atoms with E-state index < -0.39 is 23.9 Å². The average Bonchev–Trinajstić information content (AvgIpc) is 3.11. The predicted octanol–water partition coefficient (Wildman–Crippen LogP) is 3.51. The summed E-state index contributed by atoms with van der Waals surface area (Å²) in [5, 5.41) is 2.20. The van der Waals surface area contributed by atoms with Gasteiger partial charge < -0.3 is 14.2 Å². The van der Waals surface area contributed by atoms with Crippen molar-refractivity contribution in [1.82, 2.24) is 10.2 Å². The van der Waals surface area contributed by atoms with E-state index in [1.807, 2.05) is 12.1 Å². The van der Waals surface area contributed by atoms with Gasteiger partial charge in [-0.25, -0.2) is 9.59 Å². The lowest BCUT2D eigenvalue weighted by Crippen LogP contribution is -2.43. The van der Waals surface area contributed by atoms with Crippen LogP contribution in [0.2, 0.25) is 0 Å². The number of urea groups is 1. The second-order valence-electron chi connectivity index (χ2n) is 7.30. The summed E-state index contributed by atoms with van der Waals surface area (Å²) >= 11 is 0. The third-order valence-corrected chi connectivity index (χ3v) is 5.04. The molecule has 170 valence electrons. The van der Waals surface area contributed by atoms with Gasteiger partial charge in [-0.05, 0) is 24.6 Å². The second kappa shape index (κ2) is 12.6. The molecule has 3 amide bonds. The van der Waals surface area contributed by atoms with E-state index in [0.717, 1.165) is 24.2 Å². The van der Waals surface area contributed by atoms with Crippen LogP contribution in [0, 0.1) is 0 Å². The maximum atomic E-state index is 12.9. The highest BCUT2D eigenvalue weighted by molar-refractivity contribution is 6.04. The lowest BCUT2D eigenvalue weighted by Gasteiger charge is -2.23. The highest BCUT2D eigenvalue weighted by Crippen LogP contribution is 2.27. The molecular formula is C23H32N2O6. The van der Waals surface area contributed by atoms with Crippen LogP contribution in [-0.4, -0.2) is 56.2 Å². The summed E-state index contributed by atoms with van der Waals surface area (Å²) in [5.41, 5.74) is 0.618. The van der Waals surface area contributed by atoms with Crippen molar-refractivity contribution < 1.29 is 28.6 Å². The van der Waals surface area contributed by atoms with E-state index in [0.29, 0.717) is 17.1 Å². The third-order valence-electron chi connectivity index (χ3n) is 5.04. The fourth-order valence-corrected chi connectivity index (χ4v) is 3.37. The van der Waals surface area contributed by atoms with Crippen LogP contribution in [-0.2, 0) is 19.1 Å². The molecule has 31 heavy (non-hydrogen) atoms. The quantitative estimate of drug-likeness (QED) is 0.222. The number of methoxy groups -OCH3 is 2. The molecule has 8 nitrogen and oxygen atoms in total. The van der Waals surface area contributed by atoms with Crippen LogP contribution in [0.5, 0.6) is 5.75 Å². The fraction of sp³-hybridized carbons (Fsp3) is 0.522. The summed E-state index contributed by atoms with van der Waals surface area (Å²) in [6.45, 7) is 2.19. The Morgan fingerprint density at radius 2 is 1.84 bits per heavy atom. The summed E-state index contributed by atoms with van der Waals surface area (Å²) in [4.78, 5) is 37.9. The molecule has 1 aromatic carbocycles. The first-order chi connectivity index (χ1) is 15.0. The Bertz CT molecular complexity index is 792. The zero-order valence-corrected chi connectivity index (χ0v) is 18.5. The molecule has 8 heteroatoms. The van der Waals surface area contributed by atoms with Crippen molar-refractivity contribution >= 4 is 23.7 Å². The molecule has 1 saturated heterocycles. The maximum Gasteiger partial charge on any atom is 0.333 e. The van der Waals surface area contributed by atoms with Crippen molar-refractivity contribution in [2.24, 2.45) is 0 Å². The number of nitrogens with zero attached hydrogens (tertiary/aromatic N) is 1. The number of hydrogen-bond donors (Lipinski definition) is 1. The number of amides is 3. The maximum absolute atomic E-state index is 12.9. The highest BCUT2D eigenvalue weighted by atomic mass is 16.5. The third kappa shape index (κ3) is 7.01. The van der Waals surface area contributed by atoms with E-state index in [2.05, 4.69) is 12.2 Å². The zero-order chi connectivity index (χ0) is 22.6. The molecular weight excluding hydrogens is 400 g/mol. The van der Waals surface area contributed by atoms with E-state index in [4.69, 9.17) is 14.2 Å². The van der Waals surface area contributed by atoms with E-state index in [-0.39, 0.29) is 13.2 Å². The Morgan fingerprint density at radius 3 is 2.48 bits per heavy atom. The van der Waals surface area contributed by atoms with Gasteiger partial charge in [0.2, 0.25) is 5.91 Å². The van der Waals surface area contributed by atoms with Crippen molar-refractivity contribution in [2.75, 3.05) is 27.4 Å². The zero-order valence-electron chi connectivity index (χ0n) is 18.5. The summed E-state index contributed by atoms with van der Waals surface area (Å²) in [6.07, 6.45) is 7.85. The lowest BCUT2D eigenvalue weighted by molar-refractivity contribution is -0.147. The normalized spacial score (nSPS) is 14.9. The monoisotopic (exact) mass is 432 g/mol. The first-order valence-corrected chi connectivity index (χ1v) is 10.7. The smallest absolute Gasteiger partial charge is 0.333 e. The standard InChI is InChI=1S/C23H32N2O6/c1-4-5-6-7-8-11-14-31-22(27)18(25-16-21(26)24-23(25)28)15-20(30-3)17-12-9-10-13-19(17)29-2/h9-10,12-13,15,18H,4-8,11,14,16H2,1-3H3,(H,24,26,28).